The van der Waals surface area contributed by atoms with Crippen LogP contribution in [0.5, 0.6) is 0 Å². The molecule has 0 amide bonds. The number of benzene rings is 1. The minimum atomic E-state index is 0. The zero-order valence-corrected chi connectivity index (χ0v) is 11.6. The van der Waals surface area contributed by atoms with Crippen LogP contribution in [0, 0.1) is 6.20 Å². The van der Waals surface area contributed by atoms with Gasteiger partial charge in [-0.25, -0.2) is 0 Å². The molecule has 17 heavy (non-hydrogen) atoms. The van der Waals surface area contributed by atoms with Gasteiger partial charge in [-0.05, 0) is 28.7 Å². The topological polar surface area (TPSA) is 30.7 Å². The third-order valence-electron chi connectivity index (χ3n) is 2.57. The molecule has 1 aromatic carbocycles. The van der Waals surface area contributed by atoms with Crippen LogP contribution in [-0.4, -0.2) is 14.8 Å². The smallest absolute Gasteiger partial charge is 0.0153 e. The maximum atomic E-state index is 4.41. The first-order valence-electron chi connectivity index (χ1n) is 5.10. The van der Waals surface area contributed by atoms with Crippen molar-refractivity contribution in [2.45, 2.75) is 0 Å². The Morgan fingerprint density at radius 2 is 2.00 bits per heavy atom. The van der Waals surface area contributed by atoms with Crippen LogP contribution in [0.2, 0.25) is 0 Å². The van der Waals surface area contributed by atoms with Crippen molar-refractivity contribution in [2.75, 3.05) is 0 Å². The van der Waals surface area contributed by atoms with E-state index in [1.807, 2.05) is 37.6 Å². The molecule has 0 bridgehead atoms. The van der Waals surface area contributed by atoms with Crippen molar-refractivity contribution in [3.05, 3.63) is 48.9 Å². The zero-order valence-electron chi connectivity index (χ0n) is 9.22. The summed E-state index contributed by atoms with van der Waals surface area (Å²) < 4.78 is 1.73. The minimum Gasteiger partial charge on any atom is -0.341 e. The summed E-state index contributed by atoms with van der Waals surface area (Å²) >= 11 is 0. The van der Waals surface area contributed by atoms with Gasteiger partial charge in [-0.3, -0.25) is 5.10 Å². The van der Waals surface area contributed by atoms with E-state index in [-0.39, 0.29) is 20.1 Å². The summed E-state index contributed by atoms with van der Waals surface area (Å²) in [6.07, 6.45) is 6.71. The molecule has 0 unspecified atom stereocenters. The van der Waals surface area contributed by atoms with Crippen molar-refractivity contribution in [3.8, 4) is 11.3 Å². The molecule has 0 atom stereocenters. The molecule has 2 aromatic heterocycles. The Hall–Kier alpha value is -1.51. The number of aromatic nitrogens is 3. The average molecular weight is 400 g/mol. The van der Waals surface area contributed by atoms with Crippen LogP contribution >= 0.6 is 0 Å². The molecule has 0 aliphatic heterocycles. The second-order valence-electron chi connectivity index (χ2n) is 3.71. The summed E-state index contributed by atoms with van der Waals surface area (Å²) in [7, 11) is 1.88. The molecule has 3 nitrogen and oxygen atoms in total. The van der Waals surface area contributed by atoms with E-state index < -0.39 is 0 Å². The van der Waals surface area contributed by atoms with Crippen molar-refractivity contribution in [2.24, 2.45) is 7.05 Å². The first kappa shape index (κ1) is 12.0. The summed E-state index contributed by atoms with van der Waals surface area (Å²) in [6.45, 7) is 0. The molecule has 0 aliphatic carbocycles. The number of pyridine rings is 1. The van der Waals surface area contributed by atoms with Gasteiger partial charge >= 0.3 is 0 Å². The molecule has 0 saturated carbocycles. The van der Waals surface area contributed by atoms with E-state index in [1.165, 1.54) is 5.39 Å². The Morgan fingerprint density at radius 1 is 1.18 bits per heavy atom. The van der Waals surface area contributed by atoms with Crippen molar-refractivity contribution in [1.82, 2.24) is 14.8 Å². The molecule has 0 fully saturated rings. The first-order valence-corrected chi connectivity index (χ1v) is 5.10. The van der Waals surface area contributed by atoms with Crippen LogP contribution in [0.15, 0.2) is 42.7 Å². The Labute approximate surface area is 113 Å². The first-order chi connectivity index (χ1) is 7.84. The van der Waals surface area contributed by atoms with Crippen molar-refractivity contribution < 1.29 is 20.1 Å². The van der Waals surface area contributed by atoms with E-state index in [4.69, 9.17) is 0 Å². The van der Waals surface area contributed by atoms with E-state index in [2.05, 4.69) is 28.4 Å². The largest absolute Gasteiger partial charge is 0.341 e. The molecule has 87 valence electrons. The monoisotopic (exact) mass is 401 g/mol. The van der Waals surface area contributed by atoms with E-state index in [1.54, 1.807) is 4.68 Å². The van der Waals surface area contributed by atoms with Crippen molar-refractivity contribution >= 4 is 10.8 Å². The average Bonchev–Trinajstić information content (AvgIpc) is 2.75. The van der Waals surface area contributed by atoms with E-state index in [9.17, 15) is 0 Å². The fourth-order valence-electron chi connectivity index (χ4n) is 1.83. The molecule has 1 radical (unpaired) electrons. The molecular formula is C13H10IrN3-. The number of hydrogen-bond acceptors (Lipinski definition) is 2. The minimum absolute atomic E-state index is 0. The fraction of sp³-hybridized carbons (Fsp3) is 0.0769. The molecule has 0 N–H and O–H groups in total. The predicted molar refractivity (Wildman–Crippen MR) is 62.8 cm³/mol. The van der Waals surface area contributed by atoms with Gasteiger partial charge in [0.1, 0.15) is 0 Å². The van der Waals surface area contributed by atoms with Gasteiger partial charge < -0.3 is 9.67 Å². The van der Waals surface area contributed by atoms with Gasteiger partial charge in [0.2, 0.25) is 0 Å². The molecular weight excluding hydrogens is 390 g/mol. The fourth-order valence-corrected chi connectivity index (χ4v) is 1.83. The van der Waals surface area contributed by atoms with Crippen LogP contribution in [0.3, 0.4) is 0 Å². The SMILES string of the molecule is Cn1cc(-c2nccc3ccccc23)[c-]n1.[Ir]. The summed E-state index contributed by atoms with van der Waals surface area (Å²) in [5.41, 5.74) is 1.87. The Kier molecular flexibility index (Phi) is 3.36. The zero-order chi connectivity index (χ0) is 11.0. The number of aryl methyl sites for hydroxylation is 1. The molecule has 0 spiro atoms. The third kappa shape index (κ3) is 2.14. The van der Waals surface area contributed by atoms with Crippen LogP contribution in [-0.2, 0) is 27.2 Å². The van der Waals surface area contributed by atoms with Gasteiger partial charge in [0.15, 0.2) is 0 Å². The maximum absolute atomic E-state index is 4.41. The Bertz CT molecular complexity index is 640. The molecule has 0 saturated heterocycles. The van der Waals surface area contributed by atoms with Gasteiger partial charge in [-0.1, -0.05) is 30.5 Å². The van der Waals surface area contributed by atoms with E-state index in [0.717, 1.165) is 16.6 Å². The molecule has 3 rings (SSSR count). The summed E-state index contributed by atoms with van der Waals surface area (Å²) in [4.78, 5) is 4.41. The van der Waals surface area contributed by atoms with Gasteiger partial charge in [-0.15, -0.1) is 5.56 Å². The Morgan fingerprint density at radius 3 is 2.76 bits per heavy atom. The molecule has 2 heterocycles. The van der Waals surface area contributed by atoms with E-state index in [0.29, 0.717) is 0 Å². The quantitative estimate of drug-likeness (QED) is 0.588. The number of rotatable bonds is 1. The number of hydrogen-bond donors (Lipinski definition) is 0. The number of nitrogens with zero attached hydrogens (tertiary/aromatic N) is 3. The van der Waals surface area contributed by atoms with Crippen LogP contribution in [0.25, 0.3) is 22.0 Å². The van der Waals surface area contributed by atoms with Crippen LogP contribution < -0.4 is 0 Å². The second-order valence-corrected chi connectivity index (χ2v) is 3.71. The maximum Gasteiger partial charge on any atom is 0.0153 e. The van der Waals surface area contributed by atoms with Crippen molar-refractivity contribution in [1.29, 1.82) is 0 Å². The number of fused-ring (bicyclic) bond motifs is 1. The normalized spacial score (nSPS) is 10.2. The third-order valence-corrected chi connectivity index (χ3v) is 2.57. The molecule has 3 aromatic rings. The van der Waals surface area contributed by atoms with Crippen molar-refractivity contribution in [3.63, 3.8) is 0 Å². The molecule has 4 heteroatoms. The Balaban J connectivity index is 0.00000108. The van der Waals surface area contributed by atoms with Gasteiger partial charge in [0, 0.05) is 33.3 Å². The summed E-state index contributed by atoms with van der Waals surface area (Å²) in [5.74, 6) is 0. The van der Waals surface area contributed by atoms with Gasteiger partial charge in [-0.2, -0.15) is 0 Å². The molecule has 0 aliphatic rings. The van der Waals surface area contributed by atoms with Crippen LogP contribution in [0.4, 0.5) is 0 Å². The second kappa shape index (κ2) is 4.78. The van der Waals surface area contributed by atoms with E-state index >= 15 is 0 Å². The standard InChI is InChI=1S/C13H10N3.Ir/c1-16-9-11(8-15-16)13-12-5-3-2-4-10(12)6-7-14-13;/h2-7,9H,1H3;/q-1;. The summed E-state index contributed by atoms with van der Waals surface area (Å²) in [6, 6.07) is 10.2. The van der Waals surface area contributed by atoms with Gasteiger partial charge in [0.25, 0.3) is 0 Å². The van der Waals surface area contributed by atoms with Crippen LogP contribution in [0.1, 0.15) is 0 Å². The van der Waals surface area contributed by atoms with Gasteiger partial charge in [0.05, 0.1) is 0 Å². The summed E-state index contributed by atoms with van der Waals surface area (Å²) in [5, 5.41) is 6.37. The predicted octanol–water partition coefficient (Wildman–Crippen LogP) is 2.43.